The van der Waals surface area contributed by atoms with E-state index in [4.69, 9.17) is 0 Å². The van der Waals surface area contributed by atoms with Crippen molar-refractivity contribution in [3.63, 3.8) is 0 Å². The van der Waals surface area contributed by atoms with Crippen molar-refractivity contribution in [3.8, 4) is 0 Å². The summed E-state index contributed by atoms with van der Waals surface area (Å²) in [5, 5.41) is 0.125. The Labute approximate surface area is 171 Å². The molecule has 6 nitrogen and oxygen atoms in total. The van der Waals surface area contributed by atoms with Crippen LogP contribution in [-0.2, 0) is 14.6 Å². The van der Waals surface area contributed by atoms with E-state index in [2.05, 4.69) is 4.98 Å². The van der Waals surface area contributed by atoms with Crippen LogP contribution in [0.5, 0.6) is 0 Å². The van der Waals surface area contributed by atoms with Crippen molar-refractivity contribution in [2.75, 3.05) is 37.8 Å². The van der Waals surface area contributed by atoms with Crippen LogP contribution in [0, 0.1) is 11.6 Å². The molecule has 1 amide bonds. The van der Waals surface area contributed by atoms with Gasteiger partial charge in [0.15, 0.2) is 20.8 Å². The molecule has 0 fully saturated rings. The Morgan fingerprint density at radius 2 is 1.79 bits per heavy atom. The molecule has 10 heteroatoms. The number of fused-ring (bicyclic) bond motifs is 1. The number of amides is 1. The van der Waals surface area contributed by atoms with Crippen molar-refractivity contribution in [3.05, 3.63) is 54.1 Å². The molecule has 0 saturated carbocycles. The number of anilines is 1. The van der Waals surface area contributed by atoms with Crippen LogP contribution in [0.4, 0.5) is 13.9 Å². The second-order valence-electron chi connectivity index (χ2n) is 6.65. The van der Waals surface area contributed by atoms with E-state index >= 15 is 0 Å². The summed E-state index contributed by atoms with van der Waals surface area (Å²) in [5.74, 6) is -3.02. The van der Waals surface area contributed by atoms with Crippen molar-refractivity contribution in [2.45, 2.75) is 4.90 Å². The zero-order valence-electron chi connectivity index (χ0n) is 15.8. The van der Waals surface area contributed by atoms with Crippen molar-refractivity contribution < 1.29 is 22.0 Å². The highest BCUT2D eigenvalue weighted by Gasteiger charge is 2.27. The van der Waals surface area contributed by atoms with Gasteiger partial charge in [-0.05, 0) is 32.3 Å². The number of nitrogens with zero attached hydrogens (tertiary/aromatic N) is 3. The molecule has 2 aromatic carbocycles. The second-order valence-corrected chi connectivity index (χ2v) is 9.65. The molecule has 1 heterocycles. The molecular formula is C19H19F2N3O3S2. The van der Waals surface area contributed by atoms with Crippen LogP contribution < -0.4 is 4.90 Å². The minimum Gasteiger partial charge on any atom is -0.308 e. The first-order chi connectivity index (χ1) is 13.7. The Kier molecular flexibility index (Phi) is 6.25. The number of sulfone groups is 1. The second kappa shape index (κ2) is 8.52. The van der Waals surface area contributed by atoms with E-state index in [1.54, 1.807) is 32.3 Å². The van der Waals surface area contributed by atoms with Gasteiger partial charge in [0.05, 0.1) is 9.60 Å². The summed E-state index contributed by atoms with van der Waals surface area (Å²) in [7, 11) is -0.253. The first kappa shape index (κ1) is 21.3. The molecular weight excluding hydrogens is 420 g/mol. The average molecular weight is 440 g/mol. The fourth-order valence-corrected chi connectivity index (χ4v) is 4.91. The number of hydrogen-bond donors (Lipinski definition) is 0. The smallest absolute Gasteiger partial charge is 0.244 e. The Morgan fingerprint density at radius 3 is 2.45 bits per heavy atom. The number of thiazole rings is 1. The minimum absolute atomic E-state index is 0.0401. The van der Waals surface area contributed by atoms with E-state index in [0.717, 1.165) is 23.5 Å². The maximum absolute atomic E-state index is 14.0. The first-order valence-electron chi connectivity index (χ1n) is 8.66. The van der Waals surface area contributed by atoms with Gasteiger partial charge in [-0.1, -0.05) is 29.5 Å². The van der Waals surface area contributed by atoms with Gasteiger partial charge in [-0.25, -0.2) is 22.2 Å². The molecule has 154 valence electrons. The average Bonchev–Trinajstić information content (AvgIpc) is 3.06. The molecule has 0 unspecified atom stereocenters. The fraction of sp³-hybridized carbons (Fsp3) is 0.263. The number of benzene rings is 2. The summed E-state index contributed by atoms with van der Waals surface area (Å²) in [4.78, 5) is 20.1. The van der Waals surface area contributed by atoms with Crippen LogP contribution in [0.2, 0.25) is 0 Å². The molecule has 3 rings (SSSR count). The maximum Gasteiger partial charge on any atom is 0.244 e. The molecule has 1 aromatic heterocycles. The van der Waals surface area contributed by atoms with Gasteiger partial charge in [0.2, 0.25) is 5.91 Å². The summed E-state index contributed by atoms with van der Waals surface area (Å²) in [6, 6.07) is 9.52. The lowest BCUT2D eigenvalue weighted by molar-refractivity contribution is -0.116. The third-order valence-corrected chi connectivity index (χ3v) is 6.76. The molecule has 0 N–H and O–H groups in total. The number of rotatable bonds is 7. The molecule has 0 aliphatic rings. The minimum atomic E-state index is -3.86. The van der Waals surface area contributed by atoms with Gasteiger partial charge in [-0.2, -0.15) is 0 Å². The van der Waals surface area contributed by atoms with E-state index in [-0.39, 0.29) is 26.8 Å². The van der Waals surface area contributed by atoms with Crippen LogP contribution in [0.1, 0.15) is 0 Å². The lowest BCUT2D eigenvalue weighted by atomic mass is 10.3. The van der Waals surface area contributed by atoms with Crippen LogP contribution in [0.25, 0.3) is 10.2 Å². The Hall–Kier alpha value is -2.43. The Morgan fingerprint density at radius 1 is 1.10 bits per heavy atom. The Bertz CT molecular complexity index is 1130. The van der Waals surface area contributed by atoms with Gasteiger partial charge >= 0.3 is 0 Å². The van der Waals surface area contributed by atoms with E-state index in [1.165, 1.54) is 17.0 Å². The molecule has 0 atom stereocenters. The number of hydrogen-bond acceptors (Lipinski definition) is 6. The monoisotopic (exact) mass is 439 g/mol. The highest BCUT2D eigenvalue weighted by atomic mass is 32.2. The highest BCUT2D eigenvalue weighted by Crippen LogP contribution is 2.31. The number of carbonyl (C=O) groups is 1. The van der Waals surface area contributed by atoms with E-state index in [9.17, 15) is 22.0 Å². The first-order valence-corrected chi connectivity index (χ1v) is 11.1. The van der Waals surface area contributed by atoms with Crippen LogP contribution in [0.15, 0.2) is 47.4 Å². The summed E-state index contributed by atoms with van der Waals surface area (Å²) >= 11 is 0.936. The quantitative estimate of drug-likeness (QED) is 0.566. The SMILES string of the molecule is CN(C)CCN(C(=O)CS(=O)(=O)c1ccccc1)c1nc2c(F)cc(F)cc2s1. The largest absolute Gasteiger partial charge is 0.308 e. The van der Waals surface area contributed by atoms with Crippen molar-refractivity contribution in [1.82, 2.24) is 9.88 Å². The zero-order chi connectivity index (χ0) is 21.2. The van der Waals surface area contributed by atoms with E-state index in [1.807, 2.05) is 4.90 Å². The molecule has 0 saturated heterocycles. The number of likely N-dealkylation sites (N-methyl/N-ethyl adjacent to an activating group) is 1. The molecule has 0 bridgehead atoms. The molecule has 3 aromatic rings. The van der Waals surface area contributed by atoms with Crippen LogP contribution >= 0.6 is 11.3 Å². The summed E-state index contributed by atoms with van der Waals surface area (Å²) in [5.41, 5.74) is -0.0556. The lowest BCUT2D eigenvalue weighted by Gasteiger charge is -2.22. The van der Waals surface area contributed by atoms with E-state index < -0.39 is 33.1 Å². The predicted molar refractivity (Wildman–Crippen MR) is 109 cm³/mol. The third kappa shape index (κ3) is 4.95. The van der Waals surface area contributed by atoms with Gasteiger partial charge in [-0.3, -0.25) is 9.69 Å². The summed E-state index contributed by atoms with van der Waals surface area (Å²) in [6.45, 7) is 0.587. The van der Waals surface area contributed by atoms with Gasteiger partial charge in [-0.15, -0.1) is 0 Å². The normalized spacial score (nSPS) is 11.9. The molecule has 29 heavy (non-hydrogen) atoms. The van der Waals surface area contributed by atoms with Crippen molar-refractivity contribution >= 4 is 42.4 Å². The van der Waals surface area contributed by atoms with Crippen LogP contribution in [-0.4, -0.2) is 57.1 Å². The number of carbonyl (C=O) groups excluding carboxylic acids is 1. The van der Waals surface area contributed by atoms with Gasteiger partial charge in [0.1, 0.15) is 17.1 Å². The van der Waals surface area contributed by atoms with Gasteiger partial charge in [0, 0.05) is 19.2 Å². The lowest BCUT2D eigenvalue weighted by Crippen LogP contribution is -2.40. The predicted octanol–water partition coefficient (Wildman–Crippen LogP) is 2.94. The standard InChI is InChI=1S/C19H19F2N3O3S2/c1-23(2)8-9-24(17(25)12-29(26,27)14-6-4-3-5-7-14)19-22-18-15(21)10-13(20)11-16(18)28-19/h3-7,10-11H,8-9,12H2,1-2H3. The molecule has 0 aliphatic carbocycles. The molecule has 0 radical (unpaired) electrons. The fourth-order valence-electron chi connectivity index (χ4n) is 2.64. The van der Waals surface area contributed by atoms with Gasteiger partial charge < -0.3 is 4.90 Å². The van der Waals surface area contributed by atoms with Gasteiger partial charge in [0.25, 0.3) is 0 Å². The summed E-state index contributed by atoms with van der Waals surface area (Å²) in [6.07, 6.45) is 0. The van der Waals surface area contributed by atoms with Crippen molar-refractivity contribution in [2.24, 2.45) is 0 Å². The Balaban J connectivity index is 1.95. The number of halogens is 2. The molecule has 0 aliphatic heterocycles. The van der Waals surface area contributed by atoms with Crippen LogP contribution in [0.3, 0.4) is 0 Å². The highest BCUT2D eigenvalue weighted by molar-refractivity contribution is 7.92. The zero-order valence-corrected chi connectivity index (χ0v) is 17.4. The number of aromatic nitrogens is 1. The third-order valence-electron chi connectivity index (χ3n) is 4.12. The summed E-state index contributed by atoms with van der Waals surface area (Å²) < 4.78 is 53.0. The molecule has 0 spiro atoms. The van der Waals surface area contributed by atoms with Crippen molar-refractivity contribution in [1.29, 1.82) is 0 Å². The maximum atomic E-state index is 14.0. The topological polar surface area (TPSA) is 70.6 Å². The van der Waals surface area contributed by atoms with E-state index in [0.29, 0.717) is 6.54 Å².